The zero-order valence-corrected chi connectivity index (χ0v) is 12.6. The number of aromatic nitrogens is 1. The van der Waals surface area contributed by atoms with Crippen molar-refractivity contribution in [3.63, 3.8) is 0 Å². The fourth-order valence-electron chi connectivity index (χ4n) is 2.44. The zero-order chi connectivity index (χ0) is 14.5. The smallest absolute Gasteiger partial charge is 0.0671 e. The second-order valence-electron chi connectivity index (χ2n) is 5.07. The van der Waals surface area contributed by atoms with E-state index in [1.807, 2.05) is 56.4 Å². The van der Waals surface area contributed by atoms with Gasteiger partial charge in [0.2, 0.25) is 0 Å². The van der Waals surface area contributed by atoms with Gasteiger partial charge in [0.1, 0.15) is 0 Å². The zero-order valence-electron chi connectivity index (χ0n) is 11.8. The van der Waals surface area contributed by atoms with Crippen LogP contribution in [0.5, 0.6) is 0 Å². The molecule has 1 aromatic heterocycles. The Morgan fingerprint density at radius 3 is 2.50 bits per heavy atom. The molecular formula is C16H20ClN3. The highest BCUT2D eigenvalue weighted by atomic mass is 35.5. The second-order valence-corrected chi connectivity index (χ2v) is 5.47. The number of rotatable bonds is 5. The van der Waals surface area contributed by atoms with Gasteiger partial charge in [0.25, 0.3) is 0 Å². The summed E-state index contributed by atoms with van der Waals surface area (Å²) >= 11 is 6.23. The first kappa shape index (κ1) is 15.0. The molecule has 2 atom stereocenters. The molecule has 0 amide bonds. The molecule has 20 heavy (non-hydrogen) atoms. The number of hydrogen-bond acceptors (Lipinski definition) is 3. The molecule has 2 unspecified atom stereocenters. The van der Waals surface area contributed by atoms with Gasteiger partial charge < -0.3 is 5.73 Å². The van der Waals surface area contributed by atoms with E-state index in [1.165, 1.54) is 0 Å². The Morgan fingerprint density at radius 1 is 1.20 bits per heavy atom. The first-order valence-electron chi connectivity index (χ1n) is 6.69. The van der Waals surface area contributed by atoms with Crippen molar-refractivity contribution in [1.29, 1.82) is 0 Å². The van der Waals surface area contributed by atoms with E-state index in [-0.39, 0.29) is 12.1 Å². The maximum absolute atomic E-state index is 6.23. The molecule has 0 saturated carbocycles. The Morgan fingerprint density at radius 2 is 1.90 bits per heavy atom. The van der Waals surface area contributed by atoms with Crippen LogP contribution < -0.4 is 5.73 Å². The van der Waals surface area contributed by atoms with Gasteiger partial charge in [-0.05, 0) is 37.7 Å². The summed E-state index contributed by atoms with van der Waals surface area (Å²) < 4.78 is 0. The van der Waals surface area contributed by atoms with Gasteiger partial charge in [0.05, 0.1) is 11.7 Å². The van der Waals surface area contributed by atoms with Crippen molar-refractivity contribution in [3.05, 3.63) is 64.9 Å². The van der Waals surface area contributed by atoms with Crippen LogP contribution in [0, 0.1) is 0 Å². The van der Waals surface area contributed by atoms with Crippen LogP contribution in [0.1, 0.15) is 24.2 Å². The van der Waals surface area contributed by atoms with E-state index < -0.39 is 0 Å². The third kappa shape index (κ3) is 3.57. The van der Waals surface area contributed by atoms with Crippen LogP contribution in [0.3, 0.4) is 0 Å². The molecule has 1 heterocycles. The number of benzene rings is 1. The predicted molar refractivity (Wildman–Crippen MR) is 83.5 cm³/mol. The van der Waals surface area contributed by atoms with Gasteiger partial charge in [-0.1, -0.05) is 35.9 Å². The minimum absolute atomic E-state index is 0.0163. The monoisotopic (exact) mass is 289 g/mol. The van der Waals surface area contributed by atoms with Gasteiger partial charge in [-0.15, -0.1) is 0 Å². The maximum Gasteiger partial charge on any atom is 0.0671 e. The molecule has 2 rings (SSSR count). The molecule has 0 aliphatic carbocycles. The molecule has 3 nitrogen and oxygen atoms in total. The average molecular weight is 290 g/mol. The third-order valence-corrected chi connectivity index (χ3v) is 3.71. The average Bonchev–Trinajstić information content (AvgIpc) is 2.42. The highest BCUT2D eigenvalue weighted by Gasteiger charge is 2.22. The van der Waals surface area contributed by atoms with Crippen LogP contribution in [0.2, 0.25) is 5.02 Å². The van der Waals surface area contributed by atoms with E-state index in [0.29, 0.717) is 0 Å². The molecule has 0 spiro atoms. The largest absolute Gasteiger partial charge is 0.326 e. The summed E-state index contributed by atoms with van der Waals surface area (Å²) in [6, 6.07) is 13.8. The minimum Gasteiger partial charge on any atom is -0.326 e. The van der Waals surface area contributed by atoms with Crippen LogP contribution in [-0.2, 0) is 6.54 Å². The fraction of sp³-hybridized carbons (Fsp3) is 0.312. The van der Waals surface area contributed by atoms with Crippen molar-refractivity contribution in [2.75, 3.05) is 7.05 Å². The highest BCUT2D eigenvalue weighted by molar-refractivity contribution is 6.31. The quantitative estimate of drug-likeness (QED) is 0.919. The van der Waals surface area contributed by atoms with Crippen LogP contribution in [-0.4, -0.2) is 23.0 Å². The summed E-state index contributed by atoms with van der Waals surface area (Å²) in [6.07, 6.45) is 1.80. The maximum atomic E-state index is 6.23. The van der Waals surface area contributed by atoms with Crippen LogP contribution in [0.25, 0.3) is 0 Å². The fourth-order valence-corrected chi connectivity index (χ4v) is 2.64. The number of hydrogen-bond donors (Lipinski definition) is 1. The summed E-state index contributed by atoms with van der Waals surface area (Å²) in [4.78, 5) is 6.62. The van der Waals surface area contributed by atoms with Crippen molar-refractivity contribution in [1.82, 2.24) is 9.88 Å². The minimum atomic E-state index is -0.0163. The van der Waals surface area contributed by atoms with Gasteiger partial charge in [-0.2, -0.15) is 0 Å². The molecule has 0 saturated heterocycles. The Bertz CT molecular complexity index is 542. The molecule has 2 aromatic rings. The van der Waals surface area contributed by atoms with Crippen molar-refractivity contribution in [2.24, 2.45) is 5.73 Å². The van der Waals surface area contributed by atoms with Gasteiger partial charge in [-0.3, -0.25) is 9.88 Å². The van der Waals surface area contributed by atoms with Gasteiger partial charge in [0.15, 0.2) is 0 Å². The summed E-state index contributed by atoms with van der Waals surface area (Å²) in [5.74, 6) is 0. The Hall–Kier alpha value is -1.42. The lowest BCUT2D eigenvalue weighted by atomic mass is 10.0. The van der Waals surface area contributed by atoms with E-state index in [9.17, 15) is 0 Å². The van der Waals surface area contributed by atoms with Gasteiger partial charge in [0, 0.05) is 23.8 Å². The molecular weight excluding hydrogens is 270 g/mol. The summed E-state index contributed by atoms with van der Waals surface area (Å²) in [5, 5.41) is 0.781. The molecule has 1 aromatic carbocycles. The van der Waals surface area contributed by atoms with Crippen LogP contribution >= 0.6 is 11.6 Å². The van der Waals surface area contributed by atoms with Crippen molar-refractivity contribution < 1.29 is 0 Å². The molecule has 4 heteroatoms. The van der Waals surface area contributed by atoms with Crippen LogP contribution in [0.15, 0.2) is 48.7 Å². The molecule has 0 fully saturated rings. The van der Waals surface area contributed by atoms with Crippen molar-refractivity contribution >= 4 is 11.6 Å². The molecule has 2 N–H and O–H groups in total. The van der Waals surface area contributed by atoms with E-state index in [1.54, 1.807) is 6.20 Å². The Kier molecular flexibility index (Phi) is 5.12. The topological polar surface area (TPSA) is 42.1 Å². The second kappa shape index (κ2) is 6.84. The van der Waals surface area contributed by atoms with Crippen molar-refractivity contribution in [3.8, 4) is 0 Å². The number of nitrogens with two attached hydrogens (primary N) is 1. The van der Waals surface area contributed by atoms with E-state index in [4.69, 9.17) is 17.3 Å². The first-order valence-corrected chi connectivity index (χ1v) is 7.07. The van der Waals surface area contributed by atoms with E-state index in [2.05, 4.69) is 9.88 Å². The highest BCUT2D eigenvalue weighted by Crippen LogP contribution is 2.24. The standard InChI is InChI=1S/C16H20ClN3/c1-12(18)16(15-9-5-6-10-19-15)20(2)11-13-7-3-4-8-14(13)17/h3-10,12,16H,11,18H2,1-2H3. The molecule has 0 bridgehead atoms. The SMILES string of the molecule is CC(N)C(c1ccccn1)N(C)Cc1ccccc1Cl. The van der Waals surface area contributed by atoms with Crippen molar-refractivity contribution in [2.45, 2.75) is 25.6 Å². The number of halogens is 1. The Labute approximate surface area is 125 Å². The molecule has 0 aliphatic rings. The number of pyridine rings is 1. The van der Waals surface area contributed by atoms with E-state index in [0.717, 1.165) is 22.8 Å². The summed E-state index contributed by atoms with van der Waals surface area (Å²) in [7, 11) is 2.05. The summed E-state index contributed by atoms with van der Waals surface area (Å²) in [5.41, 5.74) is 8.23. The molecule has 0 radical (unpaired) electrons. The van der Waals surface area contributed by atoms with Crippen LogP contribution in [0.4, 0.5) is 0 Å². The predicted octanol–water partition coefficient (Wildman–Crippen LogP) is 3.26. The normalized spacial score (nSPS) is 14.2. The molecule has 106 valence electrons. The summed E-state index contributed by atoms with van der Waals surface area (Å²) in [6.45, 7) is 2.74. The first-order chi connectivity index (χ1) is 9.59. The third-order valence-electron chi connectivity index (χ3n) is 3.34. The van der Waals surface area contributed by atoms with Gasteiger partial charge in [-0.25, -0.2) is 0 Å². The lowest BCUT2D eigenvalue weighted by Crippen LogP contribution is -2.37. The van der Waals surface area contributed by atoms with Gasteiger partial charge >= 0.3 is 0 Å². The lowest BCUT2D eigenvalue weighted by Gasteiger charge is -2.30. The van der Waals surface area contributed by atoms with E-state index >= 15 is 0 Å². The molecule has 0 aliphatic heterocycles. The Balaban J connectivity index is 2.20. The number of likely N-dealkylation sites (N-methyl/N-ethyl adjacent to an activating group) is 1. The lowest BCUT2D eigenvalue weighted by molar-refractivity contribution is 0.206. The number of nitrogens with zero attached hydrogens (tertiary/aromatic N) is 2.